The third-order valence-corrected chi connectivity index (χ3v) is 7.14. The molecule has 0 aliphatic carbocycles. The number of carbonyl (C=O) groups excluding carboxylic acids is 3. The molecule has 3 aromatic rings. The zero-order valence-corrected chi connectivity index (χ0v) is 26.4. The van der Waals surface area contributed by atoms with Crippen molar-refractivity contribution in [3.05, 3.63) is 90.0 Å². The molecule has 0 bridgehead atoms. The van der Waals surface area contributed by atoms with Gasteiger partial charge in [0.2, 0.25) is 0 Å². The lowest BCUT2D eigenvalue weighted by molar-refractivity contribution is -0.127. The Hall–Kier alpha value is -3.96. The second-order valence-corrected chi connectivity index (χ2v) is 10.2. The third kappa shape index (κ3) is 10.9. The summed E-state index contributed by atoms with van der Waals surface area (Å²) in [5, 5.41) is 6.50. The first-order valence-corrected chi connectivity index (χ1v) is 14.9. The van der Waals surface area contributed by atoms with E-state index in [-0.39, 0.29) is 35.3 Å². The van der Waals surface area contributed by atoms with Gasteiger partial charge in [0.15, 0.2) is 6.61 Å². The zero-order valence-electron chi connectivity index (χ0n) is 25.7. The van der Waals surface area contributed by atoms with E-state index >= 15 is 0 Å². The molecular formula is C33H45ClN4O6. The first-order chi connectivity index (χ1) is 20.4. The van der Waals surface area contributed by atoms with Crippen LogP contribution >= 0.6 is 11.6 Å². The minimum Gasteiger partial charge on any atom is -0.484 e. The van der Waals surface area contributed by atoms with Crippen LogP contribution in [-0.2, 0) is 14.4 Å². The number of rotatable bonds is 13. The maximum Gasteiger partial charge on any atom is 0.258 e. The summed E-state index contributed by atoms with van der Waals surface area (Å²) in [5.74, 6) is -0.335. The van der Waals surface area contributed by atoms with E-state index in [1.807, 2.05) is 60.7 Å². The molecule has 1 aliphatic rings. The van der Waals surface area contributed by atoms with E-state index < -0.39 is 5.92 Å². The summed E-state index contributed by atoms with van der Waals surface area (Å²) in [6, 6.07) is 25.6. The molecule has 0 aromatic heterocycles. The van der Waals surface area contributed by atoms with Crippen molar-refractivity contribution in [1.82, 2.24) is 10.2 Å². The number of likely N-dealkylation sites (N-methyl/N-ethyl adjacent to an activating group) is 1. The second-order valence-electron chi connectivity index (χ2n) is 9.79. The largest absolute Gasteiger partial charge is 0.484 e. The number of hydrazine groups is 1. The molecule has 1 aliphatic heterocycles. The van der Waals surface area contributed by atoms with Gasteiger partial charge in [0.1, 0.15) is 11.7 Å². The third-order valence-electron chi connectivity index (χ3n) is 6.89. The van der Waals surface area contributed by atoms with E-state index in [9.17, 15) is 14.4 Å². The van der Waals surface area contributed by atoms with Gasteiger partial charge in [-0.3, -0.25) is 14.4 Å². The molecule has 0 spiro atoms. The normalized spacial score (nSPS) is 12.7. The lowest BCUT2D eigenvalue weighted by Gasteiger charge is -2.27. The number of halogens is 1. The number of anilines is 2. The van der Waals surface area contributed by atoms with Gasteiger partial charge < -0.3 is 25.9 Å². The van der Waals surface area contributed by atoms with Crippen LogP contribution in [0, 0.1) is 5.92 Å². The molecule has 10 nitrogen and oxygen atoms in total. The summed E-state index contributed by atoms with van der Waals surface area (Å²) in [4.78, 5) is 39.5. The highest BCUT2D eigenvalue weighted by Gasteiger charge is 2.46. The summed E-state index contributed by atoms with van der Waals surface area (Å²) < 4.78 is 5.35. The highest BCUT2D eigenvalue weighted by molar-refractivity contribution is 6.30. The minimum absolute atomic E-state index is 0. The van der Waals surface area contributed by atoms with Crippen LogP contribution in [0.1, 0.15) is 40.0 Å². The second kappa shape index (κ2) is 20.1. The van der Waals surface area contributed by atoms with Crippen molar-refractivity contribution >= 4 is 40.7 Å². The van der Waals surface area contributed by atoms with E-state index in [1.165, 1.54) is 10.0 Å². The van der Waals surface area contributed by atoms with E-state index in [4.69, 9.17) is 16.3 Å². The molecule has 5 N–H and O–H groups in total. The molecule has 4 rings (SSSR count). The topological polar surface area (TPSA) is 145 Å². The van der Waals surface area contributed by atoms with E-state index in [0.717, 1.165) is 32.5 Å². The van der Waals surface area contributed by atoms with Gasteiger partial charge in [0.05, 0.1) is 11.4 Å². The summed E-state index contributed by atoms with van der Waals surface area (Å²) >= 11 is 5.76. The number of hydrogen-bond donors (Lipinski definition) is 1. The van der Waals surface area contributed by atoms with Crippen LogP contribution in [0.3, 0.4) is 0 Å². The van der Waals surface area contributed by atoms with Gasteiger partial charge in [0, 0.05) is 18.1 Å². The molecule has 0 atom stereocenters. The molecule has 1 heterocycles. The number of nitrogens with one attached hydrogen (secondary N) is 1. The van der Waals surface area contributed by atoms with Crippen LogP contribution < -0.4 is 20.1 Å². The summed E-state index contributed by atoms with van der Waals surface area (Å²) in [7, 11) is 0. The van der Waals surface area contributed by atoms with Crippen molar-refractivity contribution < 1.29 is 30.1 Å². The Bertz CT molecular complexity index is 1200. The number of carbonyl (C=O) groups is 3. The van der Waals surface area contributed by atoms with Gasteiger partial charge in [-0.25, -0.2) is 10.0 Å². The van der Waals surface area contributed by atoms with Crippen molar-refractivity contribution in [2.24, 2.45) is 5.92 Å². The molecule has 1 saturated heterocycles. The summed E-state index contributed by atoms with van der Waals surface area (Å²) in [5.41, 5.74) is 1.43. The monoisotopic (exact) mass is 628 g/mol. The van der Waals surface area contributed by atoms with Gasteiger partial charge in [0.25, 0.3) is 17.7 Å². The number of amides is 3. The predicted octanol–water partition coefficient (Wildman–Crippen LogP) is 4.32. The van der Waals surface area contributed by atoms with Crippen molar-refractivity contribution in [1.29, 1.82) is 0 Å². The lowest BCUT2D eigenvalue weighted by atomic mass is 10.0. The van der Waals surface area contributed by atoms with Crippen molar-refractivity contribution in [2.45, 2.75) is 40.0 Å². The van der Waals surface area contributed by atoms with Gasteiger partial charge in [-0.1, -0.05) is 81.6 Å². The Morgan fingerprint density at radius 3 is 1.77 bits per heavy atom. The molecular weight excluding hydrogens is 584 g/mol. The minimum atomic E-state index is -0.588. The first kappa shape index (κ1) is 38.1. The van der Waals surface area contributed by atoms with Crippen LogP contribution in [0.5, 0.6) is 5.75 Å². The number of para-hydroxylation sites is 2. The Morgan fingerprint density at radius 1 is 0.818 bits per heavy atom. The smallest absolute Gasteiger partial charge is 0.258 e. The highest BCUT2D eigenvalue weighted by atomic mass is 35.5. The molecule has 3 aromatic carbocycles. The molecule has 0 radical (unpaired) electrons. The van der Waals surface area contributed by atoms with Crippen LogP contribution in [-0.4, -0.2) is 66.4 Å². The van der Waals surface area contributed by atoms with Crippen molar-refractivity contribution in [3.63, 3.8) is 0 Å². The number of nitrogens with zero attached hydrogens (tertiary/aromatic N) is 3. The number of hydrogen-bond acceptors (Lipinski definition) is 5. The van der Waals surface area contributed by atoms with Crippen LogP contribution in [0.2, 0.25) is 5.02 Å². The molecule has 11 heteroatoms. The number of benzene rings is 3. The van der Waals surface area contributed by atoms with Gasteiger partial charge >= 0.3 is 0 Å². The Morgan fingerprint density at radius 2 is 1.32 bits per heavy atom. The summed E-state index contributed by atoms with van der Waals surface area (Å²) in [6.07, 6.45) is 2.43. The number of ether oxygens (including phenoxy) is 1. The maximum atomic E-state index is 12.9. The molecule has 3 amide bonds. The van der Waals surface area contributed by atoms with E-state index in [2.05, 4.69) is 31.0 Å². The van der Waals surface area contributed by atoms with Gasteiger partial charge in [-0.15, -0.1) is 0 Å². The lowest BCUT2D eigenvalue weighted by Crippen LogP contribution is -2.41. The fourth-order valence-electron chi connectivity index (χ4n) is 4.50. The average Bonchev–Trinajstić information content (AvgIpc) is 3.27. The fraction of sp³-hybridized carbons (Fsp3) is 0.364. The Kier molecular flexibility index (Phi) is 17.4. The highest BCUT2D eigenvalue weighted by Crippen LogP contribution is 2.33. The number of unbranched alkanes of at least 4 members (excludes halogenated alkanes) is 1. The van der Waals surface area contributed by atoms with Gasteiger partial charge in [-0.05, 0) is 68.0 Å². The fourth-order valence-corrected chi connectivity index (χ4v) is 4.63. The average molecular weight is 629 g/mol. The molecule has 44 heavy (non-hydrogen) atoms. The molecule has 0 unspecified atom stereocenters. The Labute approximate surface area is 265 Å². The van der Waals surface area contributed by atoms with Crippen LogP contribution in [0.4, 0.5) is 11.4 Å². The summed E-state index contributed by atoms with van der Waals surface area (Å²) in [6.45, 7) is 9.79. The molecule has 240 valence electrons. The molecule has 1 fully saturated rings. The van der Waals surface area contributed by atoms with Crippen molar-refractivity contribution in [2.75, 3.05) is 42.8 Å². The Balaban J connectivity index is 0.000000429. The van der Waals surface area contributed by atoms with E-state index in [1.54, 1.807) is 24.3 Å². The maximum absolute atomic E-state index is 12.9. The molecule has 0 saturated carbocycles. The van der Waals surface area contributed by atoms with E-state index in [0.29, 0.717) is 35.1 Å². The quantitative estimate of drug-likeness (QED) is 0.280. The van der Waals surface area contributed by atoms with Crippen LogP contribution in [0.25, 0.3) is 0 Å². The van der Waals surface area contributed by atoms with Crippen molar-refractivity contribution in [3.8, 4) is 5.75 Å². The zero-order chi connectivity index (χ0) is 30.3. The first-order valence-electron chi connectivity index (χ1n) is 14.5. The predicted molar refractivity (Wildman–Crippen MR) is 176 cm³/mol. The van der Waals surface area contributed by atoms with Gasteiger partial charge in [-0.2, -0.15) is 0 Å². The standard InChI is InChI=1S/C19H20N2O2.C14H21ClN2O2.2H2O/c1-2-3-14-17-18(22)20(15-10-6-4-7-11-15)21(19(17)23)16-12-8-5-9-13-16;1-3-17(4-2)10-9-16-14(18)11-19-13-7-5-12(15)6-8-13;;/h4-13,17H,2-3,14H2,1H3;5-8H,3-4,9-11H2,1-2H3,(H,16,18);2*1H2. The van der Waals surface area contributed by atoms with Crippen LogP contribution in [0.15, 0.2) is 84.9 Å². The SMILES string of the molecule is CCCCC1C(=O)N(c2ccccc2)N(c2ccccc2)C1=O.CCN(CC)CCNC(=O)COc1ccc(Cl)cc1.O.O.